The predicted octanol–water partition coefficient (Wildman–Crippen LogP) is 2.52. The third kappa shape index (κ3) is 1.50. The Bertz CT molecular complexity index is 464. The van der Waals surface area contributed by atoms with Crippen LogP contribution in [0.1, 0.15) is 11.3 Å². The van der Waals surface area contributed by atoms with E-state index in [0.717, 1.165) is 22.2 Å². The van der Waals surface area contributed by atoms with Crippen molar-refractivity contribution >= 4 is 22.5 Å². The van der Waals surface area contributed by atoms with Crippen LogP contribution in [0.4, 0.5) is 0 Å². The lowest BCUT2D eigenvalue weighted by atomic mass is 10.1. The van der Waals surface area contributed by atoms with Gasteiger partial charge in [0, 0.05) is 16.6 Å². The zero-order chi connectivity index (χ0) is 10.1. The van der Waals surface area contributed by atoms with E-state index >= 15 is 0 Å². The minimum atomic E-state index is 0.332. The molecule has 2 aromatic rings. The number of H-pyrrole nitrogens is 1. The zero-order valence-electron chi connectivity index (χ0n) is 7.80. The fraction of sp³-hybridized carbons (Fsp3) is 0.200. The molecule has 14 heavy (non-hydrogen) atoms. The highest BCUT2D eigenvalue weighted by atomic mass is 35.5. The van der Waals surface area contributed by atoms with Crippen molar-refractivity contribution in [3.05, 3.63) is 34.5 Å². The summed E-state index contributed by atoms with van der Waals surface area (Å²) in [5, 5.41) is 1.72. The van der Waals surface area contributed by atoms with Crippen LogP contribution >= 0.6 is 11.6 Å². The van der Waals surface area contributed by atoms with Crippen molar-refractivity contribution in [2.24, 2.45) is 5.90 Å². The maximum atomic E-state index is 6.18. The summed E-state index contributed by atoms with van der Waals surface area (Å²) in [7, 11) is 0. The van der Waals surface area contributed by atoms with Gasteiger partial charge in [-0.2, -0.15) is 0 Å². The Balaban J connectivity index is 2.61. The number of fused-ring (bicyclic) bond motifs is 1. The molecule has 0 fully saturated rings. The molecule has 0 atom stereocenters. The molecule has 0 saturated carbocycles. The minimum Gasteiger partial charge on any atom is -0.359 e. The van der Waals surface area contributed by atoms with Crippen LogP contribution < -0.4 is 5.90 Å². The van der Waals surface area contributed by atoms with Crippen LogP contribution in [0.3, 0.4) is 0 Å². The summed E-state index contributed by atoms with van der Waals surface area (Å²) in [5.74, 6) is 5.01. The third-order valence-electron chi connectivity index (χ3n) is 2.19. The van der Waals surface area contributed by atoms with Gasteiger partial charge in [-0.15, -0.1) is 0 Å². The van der Waals surface area contributed by atoms with Gasteiger partial charge in [-0.1, -0.05) is 17.7 Å². The Morgan fingerprint density at radius 2 is 2.29 bits per heavy atom. The first kappa shape index (κ1) is 9.52. The van der Waals surface area contributed by atoms with Gasteiger partial charge in [0.25, 0.3) is 0 Å². The van der Waals surface area contributed by atoms with E-state index in [-0.39, 0.29) is 0 Å². The van der Waals surface area contributed by atoms with Crippen LogP contribution in [0.25, 0.3) is 10.9 Å². The molecule has 1 heterocycles. The van der Waals surface area contributed by atoms with Crippen LogP contribution in [0, 0.1) is 6.92 Å². The highest BCUT2D eigenvalue weighted by Gasteiger charge is 2.07. The summed E-state index contributed by atoms with van der Waals surface area (Å²) in [6.45, 7) is 2.33. The first-order chi connectivity index (χ1) is 6.72. The topological polar surface area (TPSA) is 51.0 Å². The molecule has 0 bridgehead atoms. The standard InChI is InChI=1S/C10H11ClN2O/c1-6-4-8-9(13-6)3-2-7(5-14-12)10(8)11/h2-4,13H,5,12H2,1H3. The van der Waals surface area contributed by atoms with Gasteiger partial charge in [0.1, 0.15) is 0 Å². The van der Waals surface area contributed by atoms with Crippen molar-refractivity contribution in [2.45, 2.75) is 13.5 Å². The molecule has 74 valence electrons. The maximum Gasteiger partial charge on any atom is 0.0944 e. The molecule has 0 saturated heterocycles. The SMILES string of the molecule is Cc1cc2c(Cl)c(CON)ccc2[nH]1. The van der Waals surface area contributed by atoms with Crippen LogP contribution in [0.15, 0.2) is 18.2 Å². The Labute approximate surface area is 86.8 Å². The summed E-state index contributed by atoms with van der Waals surface area (Å²) in [6.07, 6.45) is 0. The van der Waals surface area contributed by atoms with Gasteiger partial charge in [-0.3, -0.25) is 4.84 Å². The summed E-state index contributed by atoms with van der Waals surface area (Å²) in [6, 6.07) is 5.90. The molecular weight excluding hydrogens is 200 g/mol. The summed E-state index contributed by atoms with van der Waals surface area (Å²) >= 11 is 6.18. The highest BCUT2D eigenvalue weighted by molar-refractivity contribution is 6.36. The summed E-state index contributed by atoms with van der Waals surface area (Å²) < 4.78 is 0. The maximum absolute atomic E-state index is 6.18. The molecule has 0 aliphatic rings. The molecule has 1 aromatic heterocycles. The van der Waals surface area contributed by atoms with Gasteiger partial charge in [0.05, 0.1) is 11.6 Å². The van der Waals surface area contributed by atoms with Crippen LogP contribution in [0.2, 0.25) is 5.02 Å². The Morgan fingerprint density at radius 1 is 1.50 bits per heavy atom. The van der Waals surface area contributed by atoms with E-state index < -0.39 is 0 Å². The Kier molecular flexibility index (Phi) is 2.46. The Hall–Kier alpha value is -1.03. The number of nitrogens with two attached hydrogens (primary N) is 1. The van der Waals surface area contributed by atoms with Crippen molar-refractivity contribution < 1.29 is 4.84 Å². The quantitative estimate of drug-likeness (QED) is 0.749. The van der Waals surface area contributed by atoms with Gasteiger partial charge in [-0.25, -0.2) is 5.90 Å². The van der Waals surface area contributed by atoms with Crippen molar-refractivity contribution in [1.82, 2.24) is 4.98 Å². The average molecular weight is 211 g/mol. The molecule has 0 amide bonds. The van der Waals surface area contributed by atoms with Crippen molar-refractivity contribution in [2.75, 3.05) is 0 Å². The lowest BCUT2D eigenvalue weighted by molar-refractivity contribution is 0.124. The highest BCUT2D eigenvalue weighted by Crippen LogP contribution is 2.28. The molecule has 0 radical (unpaired) electrons. The van der Waals surface area contributed by atoms with Crippen LogP contribution in [-0.2, 0) is 11.4 Å². The lowest BCUT2D eigenvalue weighted by Crippen LogP contribution is -1.99. The molecule has 0 aliphatic heterocycles. The molecule has 0 aliphatic carbocycles. The first-order valence-corrected chi connectivity index (χ1v) is 4.68. The molecule has 3 N–H and O–H groups in total. The fourth-order valence-electron chi connectivity index (χ4n) is 1.55. The smallest absolute Gasteiger partial charge is 0.0944 e. The van der Waals surface area contributed by atoms with E-state index in [4.69, 9.17) is 17.5 Å². The Morgan fingerprint density at radius 3 is 3.00 bits per heavy atom. The van der Waals surface area contributed by atoms with Crippen molar-refractivity contribution in [3.63, 3.8) is 0 Å². The van der Waals surface area contributed by atoms with Gasteiger partial charge >= 0.3 is 0 Å². The number of halogens is 1. The summed E-state index contributed by atoms with van der Waals surface area (Å²) in [5.41, 5.74) is 3.03. The minimum absolute atomic E-state index is 0.332. The number of nitrogens with one attached hydrogen (secondary N) is 1. The average Bonchev–Trinajstić information content (AvgIpc) is 2.52. The fourth-order valence-corrected chi connectivity index (χ4v) is 1.83. The van der Waals surface area contributed by atoms with Gasteiger partial charge in [0.2, 0.25) is 0 Å². The van der Waals surface area contributed by atoms with E-state index in [1.54, 1.807) is 0 Å². The molecule has 3 nitrogen and oxygen atoms in total. The third-order valence-corrected chi connectivity index (χ3v) is 2.64. The second-order valence-corrected chi connectivity index (χ2v) is 3.64. The normalized spacial score (nSPS) is 11.1. The van der Waals surface area contributed by atoms with Gasteiger partial charge < -0.3 is 4.98 Å². The first-order valence-electron chi connectivity index (χ1n) is 4.30. The number of hydrogen-bond donors (Lipinski definition) is 2. The van der Waals surface area contributed by atoms with Crippen molar-refractivity contribution in [1.29, 1.82) is 0 Å². The van der Waals surface area contributed by atoms with E-state index in [1.807, 2.05) is 25.1 Å². The number of rotatable bonds is 2. The second-order valence-electron chi connectivity index (χ2n) is 3.26. The number of aromatic nitrogens is 1. The molecule has 0 unspecified atom stereocenters. The number of benzene rings is 1. The summed E-state index contributed by atoms with van der Waals surface area (Å²) in [4.78, 5) is 7.78. The van der Waals surface area contributed by atoms with Crippen molar-refractivity contribution in [3.8, 4) is 0 Å². The zero-order valence-corrected chi connectivity index (χ0v) is 8.56. The van der Waals surface area contributed by atoms with E-state index in [0.29, 0.717) is 11.6 Å². The molecular formula is C10H11ClN2O. The lowest BCUT2D eigenvalue weighted by Gasteiger charge is -2.02. The number of hydrogen-bond acceptors (Lipinski definition) is 2. The van der Waals surface area contributed by atoms with E-state index in [2.05, 4.69) is 9.82 Å². The number of aryl methyl sites for hydroxylation is 1. The predicted molar refractivity (Wildman–Crippen MR) is 57.0 cm³/mol. The molecule has 1 aromatic carbocycles. The van der Waals surface area contributed by atoms with Gasteiger partial charge in [0.15, 0.2) is 0 Å². The molecule has 2 rings (SSSR count). The second kappa shape index (κ2) is 3.61. The van der Waals surface area contributed by atoms with Gasteiger partial charge in [-0.05, 0) is 24.6 Å². The monoisotopic (exact) mass is 210 g/mol. The van der Waals surface area contributed by atoms with Crippen LogP contribution in [0.5, 0.6) is 0 Å². The largest absolute Gasteiger partial charge is 0.359 e. The number of aromatic amines is 1. The van der Waals surface area contributed by atoms with Crippen LogP contribution in [-0.4, -0.2) is 4.98 Å². The molecule has 0 spiro atoms. The van der Waals surface area contributed by atoms with E-state index in [9.17, 15) is 0 Å². The van der Waals surface area contributed by atoms with E-state index in [1.165, 1.54) is 0 Å². The molecule has 4 heteroatoms.